The van der Waals surface area contributed by atoms with Gasteiger partial charge in [0.2, 0.25) is 0 Å². The van der Waals surface area contributed by atoms with E-state index in [1.54, 1.807) is 0 Å². The molecule has 0 aliphatic carbocycles. The Labute approximate surface area is 121 Å². The highest BCUT2D eigenvalue weighted by Crippen LogP contribution is 2.13. The zero-order valence-electron chi connectivity index (χ0n) is 12.3. The standard InChI is InChI=1S/C17H24NO2/c1-4-12-18(3,13-9-14-20-17(19)5-2)15-16-10-7-6-8-11-16/h4-8,10-11H,1-2,9,12-15H2,3H3/q+1. The van der Waals surface area contributed by atoms with Crippen LogP contribution in [0, 0.1) is 0 Å². The van der Waals surface area contributed by atoms with Crippen LogP contribution in [0.1, 0.15) is 12.0 Å². The molecule has 0 amide bonds. The van der Waals surface area contributed by atoms with E-state index in [0.29, 0.717) is 6.61 Å². The number of likely N-dealkylation sites (N-methyl/N-ethyl adjacent to an activating group) is 1. The Kier molecular flexibility index (Phi) is 6.74. The molecule has 108 valence electrons. The molecule has 3 nitrogen and oxygen atoms in total. The van der Waals surface area contributed by atoms with Crippen molar-refractivity contribution in [1.29, 1.82) is 0 Å². The monoisotopic (exact) mass is 274 g/mol. The van der Waals surface area contributed by atoms with Crippen LogP contribution in [0.5, 0.6) is 0 Å². The molecule has 0 saturated carbocycles. The van der Waals surface area contributed by atoms with Crippen LogP contribution in [0.4, 0.5) is 0 Å². The van der Waals surface area contributed by atoms with Crippen molar-refractivity contribution in [1.82, 2.24) is 0 Å². The molecule has 0 aliphatic heterocycles. The Morgan fingerprint density at radius 3 is 2.60 bits per heavy atom. The van der Waals surface area contributed by atoms with Crippen LogP contribution in [-0.4, -0.2) is 37.2 Å². The third kappa shape index (κ3) is 5.85. The van der Waals surface area contributed by atoms with Gasteiger partial charge in [-0.15, -0.1) is 0 Å². The van der Waals surface area contributed by atoms with E-state index in [-0.39, 0.29) is 5.97 Å². The molecule has 3 heteroatoms. The van der Waals surface area contributed by atoms with E-state index in [0.717, 1.165) is 30.5 Å². The van der Waals surface area contributed by atoms with Crippen LogP contribution in [0.25, 0.3) is 0 Å². The molecule has 1 unspecified atom stereocenters. The zero-order valence-corrected chi connectivity index (χ0v) is 12.3. The molecule has 0 spiro atoms. The molecule has 0 radical (unpaired) electrons. The van der Waals surface area contributed by atoms with Crippen LogP contribution in [0.15, 0.2) is 55.6 Å². The Hall–Kier alpha value is -1.87. The molecule has 20 heavy (non-hydrogen) atoms. The molecule has 1 aromatic carbocycles. The van der Waals surface area contributed by atoms with Crippen molar-refractivity contribution >= 4 is 5.97 Å². The minimum atomic E-state index is -0.356. The Morgan fingerprint density at radius 1 is 1.30 bits per heavy atom. The summed E-state index contributed by atoms with van der Waals surface area (Å²) in [6.45, 7) is 10.4. The number of carbonyl (C=O) groups is 1. The van der Waals surface area contributed by atoms with Gasteiger partial charge in [-0.25, -0.2) is 4.79 Å². The summed E-state index contributed by atoms with van der Waals surface area (Å²) >= 11 is 0. The number of hydrogen-bond acceptors (Lipinski definition) is 2. The molecular formula is C17H24NO2+. The van der Waals surface area contributed by atoms with Crippen molar-refractivity contribution < 1.29 is 14.0 Å². The minimum absolute atomic E-state index is 0.356. The van der Waals surface area contributed by atoms with Crippen molar-refractivity contribution in [3.8, 4) is 0 Å². The third-order valence-electron chi connectivity index (χ3n) is 3.23. The molecule has 1 atom stereocenters. The second-order valence-electron chi connectivity index (χ2n) is 5.18. The fourth-order valence-corrected chi connectivity index (χ4v) is 2.25. The second kappa shape index (κ2) is 8.33. The Bertz CT molecular complexity index is 442. The van der Waals surface area contributed by atoms with Crippen LogP contribution < -0.4 is 0 Å². The average Bonchev–Trinajstić information content (AvgIpc) is 2.44. The topological polar surface area (TPSA) is 26.3 Å². The normalized spacial score (nSPS) is 13.2. The number of benzene rings is 1. The first-order valence-corrected chi connectivity index (χ1v) is 6.87. The lowest BCUT2D eigenvalue weighted by Crippen LogP contribution is -2.44. The largest absolute Gasteiger partial charge is 0.462 e. The fourth-order valence-electron chi connectivity index (χ4n) is 2.25. The first-order valence-electron chi connectivity index (χ1n) is 6.87. The highest BCUT2D eigenvalue weighted by atomic mass is 16.5. The van der Waals surface area contributed by atoms with Gasteiger partial charge in [-0.05, 0) is 6.08 Å². The Morgan fingerprint density at radius 2 is 2.00 bits per heavy atom. The van der Waals surface area contributed by atoms with Gasteiger partial charge >= 0.3 is 5.97 Å². The average molecular weight is 274 g/mol. The second-order valence-corrected chi connectivity index (χ2v) is 5.18. The van der Waals surface area contributed by atoms with E-state index in [1.807, 2.05) is 12.1 Å². The maximum absolute atomic E-state index is 11.0. The van der Waals surface area contributed by atoms with E-state index in [1.165, 1.54) is 11.6 Å². The molecule has 0 N–H and O–H groups in total. The van der Waals surface area contributed by atoms with Gasteiger partial charge < -0.3 is 9.22 Å². The molecule has 0 heterocycles. The Balaban J connectivity index is 2.51. The van der Waals surface area contributed by atoms with Gasteiger partial charge in [-0.2, -0.15) is 0 Å². The van der Waals surface area contributed by atoms with E-state index < -0.39 is 0 Å². The molecule has 0 saturated heterocycles. The molecule has 1 rings (SSSR count). The van der Waals surface area contributed by atoms with Crippen molar-refractivity contribution in [2.24, 2.45) is 0 Å². The first-order chi connectivity index (χ1) is 9.59. The summed E-state index contributed by atoms with van der Waals surface area (Å²) in [7, 11) is 2.20. The number of nitrogens with zero attached hydrogens (tertiary/aromatic N) is 1. The van der Waals surface area contributed by atoms with Crippen molar-refractivity contribution in [2.75, 3.05) is 26.7 Å². The lowest BCUT2D eigenvalue weighted by atomic mass is 10.2. The van der Waals surface area contributed by atoms with E-state index >= 15 is 0 Å². The molecule has 0 aromatic heterocycles. The number of esters is 1. The van der Waals surface area contributed by atoms with Crippen LogP contribution in [0.3, 0.4) is 0 Å². The molecular weight excluding hydrogens is 250 g/mol. The summed E-state index contributed by atoms with van der Waals surface area (Å²) in [6.07, 6.45) is 3.97. The predicted octanol–water partition coefficient (Wildman–Crippen LogP) is 2.94. The first kappa shape index (κ1) is 16.2. The van der Waals surface area contributed by atoms with Crippen molar-refractivity contribution in [3.63, 3.8) is 0 Å². The van der Waals surface area contributed by atoms with Crippen molar-refractivity contribution in [2.45, 2.75) is 13.0 Å². The van der Waals surface area contributed by atoms with Gasteiger partial charge in [-0.3, -0.25) is 0 Å². The summed E-state index contributed by atoms with van der Waals surface area (Å²) in [5.41, 5.74) is 1.31. The summed E-state index contributed by atoms with van der Waals surface area (Å²) in [4.78, 5) is 11.0. The van der Waals surface area contributed by atoms with Gasteiger partial charge in [0.25, 0.3) is 0 Å². The van der Waals surface area contributed by atoms with Crippen molar-refractivity contribution in [3.05, 3.63) is 61.2 Å². The smallest absolute Gasteiger partial charge is 0.330 e. The molecule has 0 aliphatic rings. The SMILES string of the molecule is C=CC[N+](C)(CCCOC(=O)C=C)Cc1ccccc1. The lowest BCUT2D eigenvalue weighted by Gasteiger charge is -2.33. The zero-order chi connectivity index (χ0) is 14.8. The third-order valence-corrected chi connectivity index (χ3v) is 3.23. The maximum atomic E-state index is 11.0. The molecule has 0 fully saturated rings. The molecule has 1 aromatic rings. The minimum Gasteiger partial charge on any atom is -0.462 e. The van der Waals surface area contributed by atoms with Crippen LogP contribution >= 0.6 is 0 Å². The number of ether oxygens (including phenoxy) is 1. The lowest BCUT2D eigenvalue weighted by molar-refractivity contribution is -0.917. The number of hydrogen-bond donors (Lipinski definition) is 0. The summed E-state index contributed by atoms with van der Waals surface area (Å²) in [5, 5.41) is 0. The summed E-state index contributed by atoms with van der Waals surface area (Å²) < 4.78 is 5.88. The van der Waals surface area contributed by atoms with Gasteiger partial charge in [0.15, 0.2) is 0 Å². The molecule has 0 bridgehead atoms. The van der Waals surface area contributed by atoms with Gasteiger partial charge in [0.05, 0.1) is 26.7 Å². The van der Waals surface area contributed by atoms with Gasteiger partial charge in [-0.1, -0.05) is 43.5 Å². The summed E-state index contributed by atoms with van der Waals surface area (Å²) in [5.74, 6) is -0.356. The van der Waals surface area contributed by atoms with E-state index in [4.69, 9.17) is 4.74 Å². The van der Waals surface area contributed by atoms with Gasteiger partial charge in [0.1, 0.15) is 6.54 Å². The number of quaternary nitrogens is 1. The quantitative estimate of drug-likeness (QED) is 0.227. The summed E-state index contributed by atoms with van der Waals surface area (Å²) in [6, 6.07) is 10.4. The highest BCUT2D eigenvalue weighted by molar-refractivity contribution is 5.81. The highest BCUT2D eigenvalue weighted by Gasteiger charge is 2.20. The number of rotatable bonds is 9. The maximum Gasteiger partial charge on any atom is 0.330 e. The number of carbonyl (C=O) groups excluding carboxylic acids is 1. The fraction of sp³-hybridized carbons (Fsp3) is 0.353. The van der Waals surface area contributed by atoms with Crippen LogP contribution in [0.2, 0.25) is 0 Å². The van der Waals surface area contributed by atoms with Gasteiger partial charge in [0, 0.05) is 18.1 Å². The van der Waals surface area contributed by atoms with E-state index in [2.05, 4.69) is 44.5 Å². The van der Waals surface area contributed by atoms with E-state index in [9.17, 15) is 4.79 Å². The predicted molar refractivity (Wildman–Crippen MR) is 82.0 cm³/mol. The van der Waals surface area contributed by atoms with Crippen LogP contribution in [-0.2, 0) is 16.1 Å².